The second-order valence-electron chi connectivity index (χ2n) is 6.65. The van der Waals surface area contributed by atoms with Crippen LogP contribution in [-0.4, -0.2) is 41.7 Å². The highest BCUT2D eigenvalue weighted by Gasteiger charge is 2.16. The highest BCUT2D eigenvalue weighted by atomic mass is 32.2. The first-order valence-corrected chi connectivity index (χ1v) is 11.2. The summed E-state index contributed by atoms with van der Waals surface area (Å²) in [6, 6.07) is 19.4. The fourth-order valence-electron chi connectivity index (χ4n) is 2.80. The van der Waals surface area contributed by atoms with E-state index in [-0.39, 0.29) is 23.6 Å². The number of sulfonamides is 1. The van der Waals surface area contributed by atoms with E-state index >= 15 is 0 Å². The minimum atomic E-state index is -3.86. The molecule has 0 radical (unpaired) electrons. The first-order valence-electron chi connectivity index (χ1n) is 9.73. The van der Waals surface area contributed by atoms with Crippen LogP contribution in [0.4, 0.5) is 5.69 Å². The minimum absolute atomic E-state index is 0.0198. The molecule has 3 aromatic carbocycles. The molecule has 0 aliphatic rings. The summed E-state index contributed by atoms with van der Waals surface area (Å²) in [7, 11) is -0.766. The van der Waals surface area contributed by atoms with Gasteiger partial charge in [0, 0.05) is 17.3 Å². The number of anilines is 1. The van der Waals surface area contributed by atoms with Gasteiger partial charge in [0.2, 0.25) is 0 Å². The molecule has 3 aromatic rings. The molecule has 8 nitrogen and oxygen atoms in total. The second kappa shape index (κ2) is 10.5. The Morgan fingerprint density at radius 1 is 0.844 bits per heavy atom. The van der Waals surface area contributed by atoms with Crippen LogP contribution in [0.25, 0.3) is 0 Å². The maximum Gasteiger partial charge on any atom is 0.261 e. The van der Waals surface area contributed by atoms with Gasteiger partial charge in [0.1, 0.15) is 23.9 Å². The third-order valence-electron chi connectivity index (χ3n) is 4.45. The standard InChI is InChI=1S/C23H24N2O6S/c1-29-19-11-9-18(10-12-19)25-32(27,28)22-8-3-5-17(15-22)23(26)24-13-14-31-21-7-4-6-20(16-21)30-2/h3-12,15-16,25H,13-14H2,1-2H3,(H,24,26). The normalized spacial score (nSPS) is 10.8. The van der Waals surface area contributed by atoms with E-state index in [9.17, 15) is 13.2 Å². The van der Waals surface area contributed by atoms with E-state index in [1.807, 2.05) is 0 Å². The molecule has 1 amide bonds. The predicted molar refractivity (Wildman–Crippen MR) is 121 cm³/mol. The smallest absolute Gasteiger partial charge is 0.261 e. The van der Waals surface area contributed by atoms with Crippen molar-refractivity contribution in [2.45, 2.75) is 4.90 Å². The SMILES string of the molecule is COc1ccc(NS(=O)(=O)c2cccc(C(=O)NCCOc3cccc(OC)c3)c2)cc1. The Hall–Kier alpha value is -3.72. The van der Waals surface area contributed by atoms with Gasteiger partial charge in [-0.05, 0) is 54.6 Å². The highest BCUT2D eigenvalue weighted by molar-refractivity contribution is 7.92. The number of carbonyl (C=O) groups is 1. The van der Waals surface area contributed by atoms with E-state index < -0.39 is 15.9 Å². The van der Waals surface area contributed by atoms with E-state index in [0.717, 1.165) is 0 Å². The van der Waals surface area contributed by atoms with Crippen molar-refractivity contribution in [1.29, 1.82) is 0 Å². The quantitative estimate of drug-likeness (QED) is 0.454. The average molecular weight is 457 g/mol. The lowest BCUT2D eigenvalue weighted by Crippen LogP contribution is -2.28. The Morgan fingerprint density at radius 2 is 1.53 bits per heavy atom. The zero-order valence-corrected chi connectivity index (χ0v) is 18.5. The predicted octanol–water partition coefficient (Wildman–Crippen LogP) is 3.31. The van der Waals surface area contributed by atoms with Crippen LogP contribution in [0.2, 0.25) is 0 Å². The first-order chi connectivity index (χ1) is 15.4. The largest absolute Gasteiger partial charge is 0.497 e. The summed E-state index contributed by atoms with van der Waals surface area (Å²) in [6.07, 6.45) is 0. The van der Waals surface area contributed by atoms with Crippen LogP contribution in [0, 0.1) is 0 Å². The van der Waals surface area contributed by atoms with Crippen LogP contribution in [0.5, 0.6) is 17.2 Å². The van der Waals surface area contributed by atoms with Crippen LogP contribution in [0.3, 0.4) is 0 Å². The molecule has 32 heavy (non-hydrogen) atoms. The third kappa shape index (κ3) is 6.14. The lowest BCUT2D eigenvalue weighted by Gasteiger charge is -2.11. The Bertz CT molecular complexity index is 1160. The average Bonchev–Trinajstić information content (AvgIpc) is 2.82. The maximum atomic E-state index is 12.7. The molecule has 9 heteroatoms. The van der Waals surface area contributed by atoms with Crippen molar-refractivity contribution in [2.24, 2.45) is 0 Å². The van der Waals surface area contributed by atoms with E-state index in [2.05, 4.69) is 10.0 Å². The Labute approximate surface area is 187 Å². The number of carbonyl (C=O) groups excluding carboxylic acids is 1. The molecule has 0 saturated heterocycles. The molecule has 3 rings (SSSR count). The number of rotatable bonds is 10. The monoisotopic (exact) mass is 456 g/mol. The van der Waals surface area contributed by atoms with Gasteiger partial charge in [-0.3, -0.25) is 9.52 Å². The molecule has 0 unspecified atom stereocenters. The summed E-state index contributed by atoms with van der Waals surface area (Å²) in [5.41, 5.74) is 0.610. The van der Waals surface area contributed by atoms with E-state index in [0.29, 0.717) is 22.9 Å². The Kier molecular flexibility index (Phi) is 7.56. The number of benzene rings is 3. The number of nitrogens with one attached hydrogen (secondary N) is 2. The van der Waals surface area contributed by atoms with Crippen LogP contribution >= 0.6 is 0 Å². The molecule has 168 valence electrons. The summed E-state index contributed by atoms with van der Waals surface area (Å²) in [5, 5.41) is 2.71. The van der Waals surface area contributed by atoms with Crippen LogP contribution in [0.15, 0.2) is 77.7 Å². The van der Waals surface area contributed by atoms with E-state index in [1.54, 1.807) is 61.7 Å². The molecule has 0 heterocycles. The minimum Gasteiger partial charge on any atom is -0.497 e. The molecule has 0 fully saturated rings. The van der Waals surface area contributed by atoms with Crippen LogP contribution in [-0.2, 0) is 10.0 Å². The second-order valence-corrected chi connectivity index (χ2v) is 8.33. The van der Waals surface area contributed by atoms with Gasteiger partial charge in [-0.15, -0.1) is 0 Å². The molecule has 2 N–H and O–H groups in total. The summed E-state index contributed by atoms with van der Waals surface area (Å²) in [5.74, 6) is 1.51. The number of methoxy groups -OCH3 is 2. The molecule has 0 aliphatic carbocycles. The summed E-state index contributed by atoms with van der Waals surface area (Å²) in [4.78, 5) is 12.4. The van der Waals surface area contributed by atoms with Gasteiger partial charge in [0.05, 0.1) is 25.7 Å². The molecule has 0 saturated carbocycles. The fraction of sp³-hybridized carbons (Fsp3) is 0.174. The summed E-state index contributed by atoms with van der Waals surface area (Å²) >= 11 is 0. The molecule has 0 atom stereocenters. The molecule has 0 aliphatic heterocycles. The van der Waals surface area contributed by atoms with Crippen molar-refractivity contribution in [3.63, 3.8) is 0 Å². The first kappa shape index (κ1) is 23.0. The molecular weight excluding hydrogens is 432 g/mol. The topological polar surface area (TPSA) is 103 Å². The maximum absolute atomic E-state index is 12.7. The van der Waals surface area contributed by atoms with Crippen molar-refractivity contribution < 1.29 is 27.4 Å². The Balaban J connectivity index is 1.58. The summed E-state index contributed by atoms with van der Waals surface area (Å²) in [6.45, 7) is 0.493. The molecule has 0 aromatic heterocycles. The number of hydrogen-bond donors (Lipinski definition) is 2. The Morgan fingerprint density at radius 3 is 2.25 bits per heavy atom. The zero-order chi connectivity index (χ0) is 23.0. The third-order valence-corrected chi connectivity index (χ3v) is 5.83. The van der Waals surface area contributed by atoms with Crippen molar-refractivity contribution in [3.05, 3.63) is 78.4 Å². The van der Waals surface area contributed by atoms with Gasteiger partial charge in [-0.2, -0.15) is 0 Å². The van der Waals surface area contributed by atoms with E-state index in [4.69, 9.17) is 14.2 Å². The van der Waals surface area contributed by atoms with Gasteiger partial charge in [0.25, 0.3) is 15.9 Å². The number of hydrogen-bond acceptors (Lipinski definition) is 6. The molecular formula is C23H24N2O6S. The fourth-order valence-corrected chi connectivity index (χ4v) is 3.91. The highest BCUT2D eigenvalue weighted by Crippen LogP contribution is 2.20. The van der Waals surface area contributed by atoms with Gasteiger partial charge >= 0.3 is 0 Å². The summed E-state index contributed by atoms with van der Waals surface area (Å²) < 4.78 is 43.7. The van der Waals surface area contributed by atoms with Crippen LogP contribution in [0.1, 0.15) is 10.4 Å². The van der Waals surface area contributed by atoms with Gasteiger partial charge < -0.3 is 19.5 Å². The van der Waals surface area contributed by atoms with Gasteiger partial charge in [0.15, 0.2) is 0 Å². The van der Waals surface area contributed by atoms with Crippen molar-refractivity contribution >= 4 is 21.6 Å². The number of ether oxygens (including phenoxy) is 3. The number of amides is 1. The lowest BCUT2D eigenvalue weighted by atomic mass is 10.2. The van der Waals surface area contributed by atoms with Crippen molar-refractivity contribution in [3.8, 4) is 17.2 Å². The van der Waals surface area contributed by atoms with E-state index in [1.165, 1.54) is 25.3 Å². The van der Waals surface area contributed by atoms with Gasteiger partial charge in [-0.25, -0.2) is 8.42 Å². The zero-order valence-electron chi connectivity index (χ0n) is 17.7. The lowest BCUT2D eigenvalue weighted by molar-refractivity contribution is 0.0946. The van der Waals surface area contributed by atoms with Crippen molar-refractivity contribution in [2.75, 3.05) is 32.1 Å². The van der Waals surface area contributed by atoms with Crippen LogP contribution < -0.4 is 24.2 Å². The van der Waals surface area contributed by atoms with Gasteiger partial charge in [-0.1, -0.05) is 12.1 Å². The van der Waals surface area contributed by atoms with Crippen molar-refractivity contribution in [1.82, 2.24) is 5.32 Å². The molecule has 0 spiro atoms. The molecule has 0 bridgehead atoms.